The van der Waals surface area contributed by atoms with Gasteiger partial charge in [0.05, 0.1) is 0 Å². The van der Waals surface area contributed by atoms with Crippen LogP contribution in [0.5, 0.6) is 0 Å². The molecule has 1 atom stereocenters. The highest BCUT2D eigenvalue weighted by Gasteiger charge is 2.25. The lowest BCUT2D eigenvalue weighted by atomic mass is 9.73. The zero-order valence-corrected chi connectivity index (χ0v) is 11.8. The predicted octanol–water partition coefficient (Wildman–Crippen LogP) is 3.75. The Balaban J connectivity index is 2.55. The molecule has 1 amide bonds. The minimum atomic E-state index is 0.0743. The topological polar surface area (TPSA) is 20.3 Å². The molecule has 0 aromatic heterocycles. The van der Waals surface area contributed by atoms with Gasteiger partial charge in [-0.05, 0) is 36.7 Å². The van der Waals surface area contributed by atoms with Crippen LogP contribution >= 0.6 is 0 Å². The van der Waals surface area contributed by atoms with Crippen LogP contribution in [0.3, 0.4) is 0 Å². The molecule has 0 N–H and O–H groups in total. The molecule has 2 heteroatoms. The Kier molecular flexibility index (Phi) is 4.55. The third-order valence-electron chi connectivity index (χ3n) is 3.68. The summed E-state index contributed by atoms with van der Waals surface area (Å²) in [4.78, 5) is 12.7. The van der Waals surface area contributed by atoms with Gasteiger partial charge >= 0.3 is 0 Å². The van der Waals surface area contributed by atoms with Crippen LogP contribution in [0.15, 0.2) is 23.9 Å². The Morgan fingerprint density at radius 1 is 1.47 bits per heavy atom. The standard InChI is InChI=1S/C15H25NO/c1-12(17)16(5)11-10-13-6-8-14(9-7-13)15(2,3)4/h6,10-11,14H,7-9H2,1-5H3/b11-10+. The number of nitrogens with zero attached hydrogens (tertiary/aromatic N) is 1. The average Bonchev–Trinajstić information content (AvgIpc) is 2.25. The fourth-order valence-electron chi connectivity index (χ4n) is 2.10. The smallest absolute Gasteiger partial charge is 0.223 e. The lowest BCUT2D eigenvalue weighted by Crippen LogP contribution is -2.22. The van der Waals surface area contributed by atoms with E-state index in [4.69, 9.17) is 0 Å². The van der Waals surface area contributed by atoms with E-state index < -0.39 is 0 Å². The highest BCUT2D eigenvalue weighted by molar-refractivity contribution is 5.73. The fourth-order valence-corrected chi connectivity index (χ4v) is 2.10. The molecule has 1 aliphatic rings. The summed E-state index contributed by atoms with van der Waals surface area (Å²) in [6.07, 6.45) is 9.80. The normalized spacial score (nSPS) is 21.5. The Hall–Kier alpha value is -1.05. The van der Waals surface area contributed by atoms with Gasteiger partial charge in [0.1, 0.15) is 0 Å². The third kappa shape index (κ3) is 4.37. The van der Waals surface area contributed by atoms with E-state index in [0.29, 0.717) is 5.41 Å². The quantitative estimate of drug-likeness (QED) is 0.714. The number of hydrogen-bond acceptors (Lipinski definition) is 1. The van der Waals surface area contributed by atoms with Crippen molar-refractivity contribution in [3.63, 3.8) is 0 Å². The maximum atomic E-state index is 11.1. The fraction of sp³-hybridized carbons (Fsp3) is 0.667. The summed E-state index contributed by atoms with van der Waals surface area (Å²) in [7, 11) is 1.79. The molecule has 1 unspecified atom stereocenters. The second-order valence-corrected chi connectivity index (χ2v) is 6.06. The van der Waals surface area contributed by atoms with Crippen LogP contribution in [-0.4, -0.2) is 17.9 Å². The Labute approximate surface area is 105 Å². The molecule has 96 valence electrons. The molecule has 0 aromatic rings. The first-order valence-corrected chi connectivity index (χ1v) is 6.41. The third-order valence-corrected chi connectivity index (χ3v) is 3.68. The molecule has 1 aliphatic carbocycles. The average molecular weight is 235 g/mol. The minimum Gasteiger partial charge on any atom is -0.322 e. The highest BCUT2D eigenvalue weighted by atomic mass is 16.2. The van der Waals surface area contributed by atoms with Gasteiger partial charge in [0.15, 0.2) is 0 Å². The number of amides is 1. The second kappa shape index (κ2) is 5.52. The molecule has 17 heavy (non-hydrogen) atoms. The summed E-state index contributed by atoms with van der Waals surface area (Å²) in [5.74, 6) is 0.857. The zero-order valence-electron chi connectivity index (χ0n) is 11.8. The molecule has 0 aromatic carbocycles. The second-order valence-electron chi connectivity index (χ2n) is 6.06. The van der Waals surface area contributed by atoms with E-state index in [9.17, 15) is 4.79 Å². The van der Waals surface area contributed by atoms with Gasteiger partial charge in [0, 0.05) is 20.2 Å². The van der Waals surface area contributed by atoms with Gasteiger partial charge in [0.2, 0.25) is 5.91 Å². The highest BCUT2D eigenvalue weighted by Crippen LogP contribution is 2.37. The first-order valence-electron chi connectivity index (χ1n) is 6.41. The van der Waals surface area contributed by atoms with Gasteiger partial charge in [-0.15, -0.1) is 0 Å². The molecule has 0 aliphatic heterocycles. The lowest BCUT2D eigenvalue weighted by molar-refractivity contribution is -0.125. The summed E-state index contributed by atoms with van der Waals surface area (Å²) < 4.78 is 0. The molecule has 0 heterocycles. The molecule has 0 spiro atoms. The van der Waals surface area contributed by atoms with Crippen molar-refractivity contribution >= 4 is 5.91 Å². The number of allylic oxidation sites excluding steroid dienone is 3. The number of carbonyl (C=O) groups is 1. The SMILES string of the molecule is CC(=O)N(C)/C=C/C1=CCC(C(C)(C)C)CC1. The lowest BCUT2D eigenvalue weighted by Gasteiger charge is -2.32. The van der Waals surface area contributed by atoms with E-state index in [1.54, 1.807) is 18.9 Å². The van der Waals surface area contributed by atoms with Gasteiger partial charge in [-0.2, -0.15) is 0 Å². The Morgan fingerprint density at radius 2 is 2.12 bits per heavy atom. The Morgan fingerprint density at radius 3 is 2.53 bits per heavy atom. The maximum Gasteiger partial charge on any atom is 0.223 e. The van der Waals surface area contributed by atoms with Crippen molar-refractivity contribution in [1.29, 1.82) is 0 Å². The van der Waals surface area contributed by atoms with Gasteiger partial charge in [-0.25, -0.2) is 0 Å². The van der Waals surface area contributed by atoms with E-state index in [2.05, 4.69) is 32.9 Å². The molecule has 0 radical (unpaired) electrons. The zero-order chi connectivity index (χ0) is 13.1. The van der Waals surface area contributed by atoms with E-state index >= 15 is 0 Å². The van der Waals surface area contributed by atoms with Crippen LogP contribution in [0.4, 0.5) is 0 Å². The number of rotatable bonds is 2. The van der Waals surface area contributed by atoms with Crippen LogP contribution in [0, 0.1) is 11.3 Å². The first kappa shape index (κ1) is 14.0. The van der Waals surface area contributed by atoms with Crippen LogP contribution in [0.25, 0.3) is 0 Å². The maximum absolute atomic E-state index is 11.1. The van der Waals surface area contributed by atoms with Crippen LogP contribution in [0.2, 0.25) is 0 Å². The molecule has 0 fully saturated rings. The van der Waals surface area contributed by atoms with Gasteiger partial charge in [0.25, 0.3) is 0 Å². The monoisotopic (exact) mass is 235 g/mol. The minimum absolute atomic E-state index is 0.0743. The molecule has 0 saturated carbocycles. The Bertz CT molecular complexity index is 333. The largest absolute Gasteiger partial charge is 0.322 e. The summed E-state index contributed by atoms with van der Waals surface area (Å²) in [5, 5.41) is 0. The van der Waals surface area contributed by atoms with Crippen LogP contribution in [0.1, 0.15) is 47.0 Å². The van der Waals surface area contributed by atoms with Crippen molar-refractivity contribution < 1.29 is 4.79 Å². The number of carbonyl (C=O) groups excluding carboxylic acids is 1. The molecular weight excluding hydrogens is 210 g/mol. The molecule has 0 saturated heterocycles. The van der Waals surface area contributed by atoms with E-state index in [1.165, 1.54) is 12.0 Å². The van der Waals surface area contributed by atoms with Crippen molar-refractivity contribution in [1.82, 2.24) is 4.90 Å². The van der Waals surface area contributed by atoms with Crippen molar-refractivity contribution in [2.45, 2.75) is 47.0 Å². The summed E-state index contributed by atoms with van der Waals surface area (Å²) in [6, 6.07) is 0. The molecular formula is C15H25NO. The first-order chi connectivity index (χ1) is 7.80. The molecule has 1 rings (SSSR count). The van der Waals surface area contributed by atoms with Crippen molar-refractivity contribution in [2.75, 3.05) is 7.05 Å². The van der Waals surface area contributed by atoms with Crippen molar-refractivity contribution in [2.24, 2.45) is 11.3 Å². The molecule has 2 nitrogen and oxygen atoms in total. The van der Waals surface area contributed by atoms with Gasteiger partial charge < -0.3 is 4.90 Å². The number of hydrogen-bond donors (Lipinski definition) is 0. The van der Waals surface area contributed by atoms with Gasteiger partial charge in [-0.3, -0.25) is 4.79 Å². The van der Waals surface area contributed by atoms with E-state index in [-0.39, 0.29) is 5.91 Å². The van der Waals surface area contributed by atoms with Crippen LogP contribution < -0.4 is 0 Å². The van der Waals surface area contributed by atoms with E-state index in [0.717, 1.165) is 18.8 Å². The van der Waals surface area contributed by atoms with Crippen molar-refractivity contribution in [3.05, 3.63) is 23.9 Å². The summed E-state index contributed by atoms with van der Waals surface area (Å²) >= 11 is 0. The van der Waals surface area contributed by atoms with Crippen molar-refractivity contribution in [3.8, 4) is 0 Å². The van der Waals surface area contributed by atoms with E-state index in [1.807, 2.05) is 6.20 Å². The molecule has 0 bridgehead atoms. The van der Waals surface area contributed by atoms with Crippen LogP contribution in [-0.2, 0) is 4.79 Å². The predicted molar refractivity (Wildman–Crippen MR) is 72.5 cm³/mol. The summed E-state index contributed by atoms with van der Waals surface area (Å²) in [6.45, 7) is 8.52. The summed E-state index contributed by atoms with van der Waals surface area (Å²) in [5.41, 5.74) is 1.76. The van der Waals surface area contributed by atoms with Gasteiger partial charge in [-0.1, -0.05) is 32.4 Å².